The Bertz CT molecular complexity index is 812. The van der Waals surface area contributed by atoms with E-state index in [9.17, 15) is 9.18 Å². The Morgan fingerprint density at radius 3 is 3.05 bits per heavy atom. The van der Waals surface area contributed by atoms with Crippen molar-refractivity contribution in [2.24, 2.45) is 0 Å². The molecule has 6 heteroatoms. The normalized spacial score (nSPS) is 11.1. The summed E-state index contributed by atoms with van der Waals surface area (Å²) in [4.78, 5) is 16.3. The van der Waals surface area contributed by atoms with Crippen molar-refractivity contribution >= 4 is 33.2 Å². The highest BCUT2D eigenvalue weighted by molar-refractivity contribution is 7.17. The topological polar surface area (TPSA) is 34.9 Å². The van der Waals surface area contributed by atoms with E-state index in [0.29, 0.717) is 15.8 Å². The van der Waals surface area contributed by atoms with Crippen LogP contribution in [0.5, 0.6) is 0 Å². The van der Waals surface area contributed by atoms with E-state index in [1.807, 2.05) is 5.38 Å². The van der Waals surface area contributed by atoms with E-state index in [0.717, 1.165) is 0 Å². The minimum absolute atomic E-state index is 0.0516. The van der Waals surface area contributed by atoms with Crippen molar-refractivity contribution < 1.29 is 4.39 Å². The van der Waals surface area contributed by atoms with E-state index in [1.165, 1.54) is 28.3 Å². The molecule has 19 heavy (non-hydrogen) atoms. The maximum atomic E-state index is 13.8. The summed E-state index contributed by atoms with van der Waals surface area (Å²) in [6.45, 7) is 0.117. The standard InChI is InChI=1S/C13H8ClFN2OS/c14-9-3-1-2-8(11(9)15)6-17-7-16-10-4-5-19-12(10)13(17)18/h1-5,7H,6H2. The van der Waals surface area contributed by atoms with Crippen LogP contribution in [-0.4, -0.2) is 9.55 Å². The molecule has 0 spiro atoms. The average molecular weight is 295 g/mol. The van der Waals surface area contributed by atoms with Crippen molar-refractivity contribution in [2.75, 3.05) is 0 Å². The van der Waals surface area contributed by atoms with E-state index in [-0.39, 0.29) is 17.1 Å². The SMILES string of the molecule is O=c1c2sccc2ncn1Cc1cccc(Cl)c1F. The third-order valence-electron chi connectivity index (χ3n) is 2.81. The monoisotopic (exact) mass is 294 g/mol. The molecule has 0 aliphatic carbocycles. The maximum absolute atomic E-state index is 13.8. The van der Waals surface area contributed by atoms with Gasteiger partial charge in [0.25, 0.3) is 5.56 Å². The summed E-state index contributed by atoms with van der Waals surface area (Å²) < 4.78 is 15.8. The van der Waals surface area contributed by atoms with Gasteiger partial charge in [0.1, 0.15) is 10.5 Å². The first-order valence-electron chi connectivity index (χ1n) is 5.52. The molecule has 0 aliphatic rings. The van der Waals surface area contributed by atoms with Gasteiger partial charge in [-0.3, -0.25) is 9.36 Å². The molecule has 0 amide bonds. The summed E-state index contributed by atoms with van der Waals surface area (Å²) in [5.41, 5.74) is 0.865. The molecule has 3 aromatic rings. The molecule has 3 rings (SSSR count). The summed E-state index contributed by atoms with van der Waals surface area (Å²) in [7, 11) is 0. The first-order valence-corrected chi connectivity index (χ1v) is 6.78. The molecular formula is C13H8ClFN2OS. The van der Waals surface area contributed by atoms with Crippen molar-refractivity contribution in [2.45, 2.75) is 6.54 Å². The zero-order chi connectivity index (χ0) is 13.4. The molecule has 0 saturated carbocycles. The van der Waals surface area contributed by atoms with Crippen molar-refractivity contribution in [1.29, 1.82) is 0 Å². The van der Waals surface area contributed by atoms with E-state index in [1.54, 1.807) is 18.2 Å². The first-order chi connectivity index (χ1) is 9.16. The van der Waals surface area contributed by atoms with Crippen molar-refractivity contribution in [3.05, 3.63) is 62.7 Å². The van der Waals surface area contributed by atoms with E-state index >= 15 is 0 Å². The Morgan fingerprint density at radius 1 is 1.37 bits per heavy atom. The van der Waals surface area contributed by atoms with Crippen molar-refractivity contribution in [3.63, 3.8) is 0 Å². The van der Waals surface area contributed by atoms with Crippen LogP contribution in [0.25, 0.3) is 10.2 Å². The number of hydrogen-bond acceptors (Lipinski definition) is 3. The van der Waals surface area contributed by atoms with Crippen LogP contribution in [0.3, 0.4) is 0 Å². The van der Waals surface area contributed by atoms with Gasteiger partial charge in [-0.1, -0.05) is 23.7 Å². The predicted molar refractivity (Wildman–Crippen MR) is 74.4 cm³/mol. The maximum Gasteiger partial charge on any atom is 0.271 e. The molecule has 0 N–H and O–H groups in total. The second-order valence-electron chi connectivity index (χ2n) is 4.03. The minimum Gasteiger partial charge on any atom is -0.293 e. The van der Waals surface area contributed by atoms with Crippen LogP contribution in [-0.2, 0) is 6.54 Å². The fourth-order valence-electron chi connectivity index (χ4n) is 1.85. The van der Waals surface area contributed by atoms with Crippen LogP contribution >= 0.6 is 22.9 Å². The summed E-state index contributed by atoms with van der Waals surface area (Å²) in [6.07, 6.45) is 1.43. The van der Waals surface area contributed by atoms with Gasteiger partial charge in [-0.05, 0) is 17.5 Å². The first kappa shape index (κ1) is 12.3. The molecule has 3 nitrogen and oxygen atoms in total. The molecule has 0 radical (unpaired) electrons. The summed E-state index contributed by atoms with van der Waals surface area (Å²) in [5, 5.41) is 1.86. The average Bonchev–Trinajstić information content (AvgIpc) is 2.87. The number of aromatic nitrogens is 2. The molecular weight excluding hydrogens is 287 g/mol. The van der Waals surface area contributed by atoms with Crippen LogP contribution in [0, 0.1) is 5.82 Å². The van der Waals surface area contributed by atoms with Gasteiger partial charge in [-0.15, -0.1) is 11.3 Å². The van der Waals surface area contributed by atoms with Gasteiger partial charge in [0, 0.05) is 5.56 Å². The Kier molecular flexibility index (Phi) is 3.08. The lowest BCUT2D eigenvalue weighted by atomic mass is 10.2. The van der Waals surface area contributed by atoms with Gasteiger partial charge >= 0.3 is 0 Å². The minimum atomic E-state index is -0.498. The Hall–Kier alpha value is -1.72. The highest BCUT2D eigenvalue weighted by Gasteiger charge is 2.10. The van der Waals surface area contributed by atoms with E-state index in [2.05, 4.69) is 4.98 Å². The smallest absolute Gasteiger partial charge is 0.271 e. The number of rotatable bonds is 2. The van der Waals surface area contributed by atoms with Crippen molar-refractivity contribution in [3.8, 4) is 0 Å². The number of thiophene rings is 1. The molecule has 0 bridgehead atoms. The summed E-state index contributed by atoms with van der Waals surface area (Å²) >= 11 is 7.05. The van der Waals surface area contributed by atoms with Gasteiger partial charge < -0.3 is 0 Å². The number of fused-ring (bicyclic) bond motifs is 1. The molecule has 96 valence electrons. The molecule has 0 unspecified atom stereocenters. The summed E-state index contributed by atoms with van der Waals surface area (Å²) in [5.74, 6) is -0.498. The Balaban J connectivity index is 2.08. The fourth-order valence-corrected chi connectivity index (χ4v) is 2.83. The van der Waals surface area contributed by atoms with Gasteiger partial charge in [0.2, 0.25) is 0 Å². The van der Waals surface area contributed by atoms with Crippen LogP contribution in [0.15, 0.2) is 40.8 Å². The summed E-state index contributed by atoms with van der Waals surface area (Å²) in [6, 6.07) is 6.52. The van der Waals surface area contributed by atoms with Gasteiger partial charge in [0.05, 0.1) is 23.4 Å². The lowest BCUT2D eigenvalue weighted by Gasteiger charge is -2.07. The van der Waals surface area contributed by atoms with Crippen LogP contribution in [0.4, 0.5) is 4.39 Å². The molecule has 1 aromatic carbocycles. The van der Waals surface area contributed by atoms with E-state index in [4.69, 9.17) is 11.6 Å². The van der Waals surface area contributed by atoms with Crippen molar-refractivity contribution in [1.82, 2.24) is 9.55 Å². The lowest BCUT2D eigenvalue weighted by Crippen LogP contribution is -2.20. The third kappa shape index (κ3) is 2.15. The highest BCUT2D eigenvalue weighted by atomic mass is 35.5. The number of hydrogen-bond donors (Lipinski definition) is 0. The molecule has 0 saturated heterocycles. The Labute approximate surface area is 116 Å². The van der Waals surface area contributed by atoms with Crippen LogP contribution < -0.4 is 5.56 Å². The van der Waals surface area contributed by atoms with Crippen LogP contribution in [0.1, 0.15) is 5.56 Å². The molecule has 0 aliphatic heterocycles. The molecule has 0 fully saturated rings. The zero-order valence-corrected chi connectivity index (χ0v) is 11.2. The quantitative estimate of drug-likeness (QED) is 0.727. The van der Waals surface area contributed by atoms with Gasteiger partial charge in [0.15, 0.2) is 0 Å². The zero-order valence-electron chi connectivity index (χ0n) is 9.64. The largest absolute Gasteiger partial charge is 0.293 e. The number of benzene rings is 1. The second kappa shape index (κ2) is 4.75. The molecule has 0 atom stereocenters. The lowest BCUT2D eigenvalue weighted by molar-refractivity contribution is 0.596. The van der Waals surface area contributed by atoms with Gasteiger partial charge in [-0.2, -0.15) is 0 Å². The molecule has 2 aromatic heterocycles. The van der Waals surface area contributed by atoms with E-state index < -0.39 is 5.82 Å². The predicted octanol–water partition coefficient (Wildman–Crippen LogP) is 3.30. The third-order valence-corrected chi connectivity index (χ3v) is 3.99. The molecule has 2 heterocycles. The Morgan fingerprint density at radius 2 is 2.21 bits per heavy atom. The number of nitrogens with zero attached hydrogens (tertiary/aromatic N) is 2. The second-order valence-corrected chi connectivity index (χ2v) is 5.35. The number of halogens is 2. The van der Waals surface area contributed by atoms with Crippen LogP contribution in [0.2, 0.25) is 5.02 Å². The fraction of sp³-hybridized carbons (Fsp3) is 0.0769. The highest BCUT2D eigenvalue weighted by Crippen LogP contribution is 2.19. The van der Waals surface area contributed by atoms with Gasteiger partial charge in [-0.25, -0.2) is 9.37 Å².